The fraction of sp³-hybridized carbons (Fsp3) is 0.231. The average Bonchev–Trinajstić information content (AvgIpc) is 3.69. The van der Waals surface area contributed by atoms with E-state index >= 15 is 0 Å². The van der Waals surface area contributed by atoms with E-state index in [-0.39, 0.29) is 93.6 Å². The van der Waals surface area contributed by atoms with Gasteiger partial charge in [0.2, 0.25) is 5.91 Å². The first-order chi connectivity index (χ1) is 38.5. The van der Waals surface area contributed by atoms with E-state index in [1.807, 2.05) is 122 Å². The van der Waals surface area contributed by atoms with Gasteiger partial charge >= 0.3 is 19.5 Å². The van der Waals surface area contributed by atoms with Crippen LogP contribution in [0.25, 0.3) is 60.2 Å². The summed E-state index contributed by atoms with van der Waals surface area (Å²) in [6.45, 7) is 24.3. The molecule has 0 aliphatic carbocycles. The summed E-state index contributed by atoms with van der Waals surface area (Å²) < 4.78 is 1.25. The molecule has 20 heteroatoms. The van der Waals surface area contributed by atoms with Crippen molar-refractivity contribution in [3.05, 3.63) is 204 Å². The molecule has 5 aromatic heterocycles. The number of hydrogen-bond acceptors (Lipinski definition) is 15. The minimum Gasteiger partial charge on any atom is -0.512 e. The SMILES string of the molecule is C.C.C.CC(=O)NCc1cccc2nc([NH-])ccc12.CCNc1ccc2c(C#N)cccc2n1.CCNc1ccc2c(CN)cccc2n1.CCNc1ccc2c(CN)cccc2n1.CCNc1ccc2c(I)cccc2n1.[C-]#N.[C-]#N.[CH3-].[Y].[Zn+2]. The van der Waals surface area contributed by atoms with Gasteiger partial charge in [-0.25, -0.2) is 19.9 Å². The molecule has 0 fully saturated rings. The summed E-state index contributed by atoms with van der Waals surface area (Å²) in [7, 11) is 0. The van der Waals surface area contributed by atoms with Gasteiger partial charge in [-0.2, -0.15) is 5.26 Å². The molecule has 0 spiro atoms. The number of amides is 1. The third-order valence-corrected chi connectivity index (χ3v) is 12.3. The second-order valence-electron chi connectivity index (χ2n) is 16.7. The zero-order chi connectivity index (χ0) is 57.5. The van der Waals surface area contributed by atoms with E-state index in [2.05, 4.69) is 125 Å². The van der Waals surface area contributed by atoms with Crippen molar-refractivity contribution >= 4 is 112 Å². The Morgan fingerprint density at radius 2 is 0.824 bits per heavy atom. The zero-order valence-corrected chi connectivity index (χ0v) is 55.1. The Morgan fingerprint density at radius 1 is 0.506 bits per heavy atom. The minimum atomic E-state index is -0.0536. The van der Waals surface area contributed by atoms with Crippen LogP contribution >= 0.6 is 22.6 Å². The number of anilines is 4. The Kier molecular flexibility index (Phi) is 43.2. The summed E-state index contributed by atoms with van der Waals surface area (Å²) >= 11 is 2.33. The molecule has 5 heterocycles. The molecule has 0 aliphatic heterocycles. The number of rotatable bonds is 12. The van der Waals surface area contributed by atoms with Crippen LogP contribution in [-0.4, -0.2) is 57.0 Å². The number of nitrogens with one attached hydrogen (secondary N) is 6. The molecule has 10 aromatic rings. The number of nitriles is 1. The number of carbonyl (C=O) groups is 1. The summed E-state index contributed by atoms with van der Waals surface area (Å²) in [5.74, 6) is 3.83. The average molecular weight is 1380 g/mol. The van der Waals surface area contributed by atoms with Crippen LogP contribution in [0.4, 0.5) is 29.1 Å². The van der Waals surface area contributed by atoms with Gasteiger partial charge in [0.1, 0.15) is 23.3 Å². The van der Waals surface area contributed by atoms with Gasteiger partial charge in [-0.1, -0.05) is 94.8 Å². The van der Waals surface area contributed by atoms with E-state index in [1.54, 1.807) is 12.1 Å². The molecular formula is C65H79IN16OYZn-2. The predicted octanol–water partition coefficient (Wildman–Crippen LogP) is 15.2. The normalized spacial score (nSPS) is 9.16. The van der Waals surface area contributed by atoms with E-state index < -0.39 is 0 Å². The van der Waals surface area contributed by atoms with Gasteiger partial charge in [0.15, 0.2) is 0 Å². The van der Waals surface area contributed by atoms with Gasteiger partial charge in [-0.15, -0.1) is 0 Å². The van der Waals surface area contributed by atoms with E-state index in [4.69, 9.17) is 46.1 Å². The second kappa shape index (κ2) is 44.9. The van der Waals surface area contributed by atoms with Crippen molar-refractivity contribution in [2.24, 2.45) is 11.5 Å². The summed E-state index contributed by atoms with van der Waals surface area (Å²) in [6, 6.07) is 51.3. The van der Waals surface area contributed by atoms with Gasteiger partial charge in [0.25, 0.3) is 0 Å². The Bertz CT molecular complexity index is 3560. The van der Waals surface area contributed by atoms with Gasteiger partial charge < -0.3 is 79.9 Å². The van der Waals surface area contributed by atoms with Crippen LogP contribution < -0.4 is 38.1 Å². The van der Waals surface area contributed by atoms with Crippen LogP contribution in [0.1, 0.15) is 79.2 Å². The van der Waals surface area contributed by atoms with Crippen molar-refractivity contribution in [2.75, 3.05) is 47.4 Å². The molecule has 0 saturated heterocycles. The number of fused-ring (bicyclic) bond motifs is 5. The smallest absolute Gasteiger partial charge is 0.512 e. The molecule has 1 radical (unpaired) electrons. The van der Waals surface area contributed by atoms with Gasteiger partial charge in [0, 0.05) is 111 Å². The minimum absolute atomic E-state index is 0. The molecule has 0 aliphatic rings. The number of halogens is 1. The predicted molar refractivity (Wildman–Crippen MR) is 357 cm³/mol. The molecule has 85 heavy (non-hydrogen) atoms. The quantitative estimate of drug-likeness (QED) is 0.0340. The van der Waals surface area contributed by atoms with E-state index in [0.717, 1.165) is 115 Å². The number of nitrogens with zero attached hydrogens (tertiary/aromatic N) is 8. The van der Waals surface area contributed by atoms with E-state index in [1.165, 1.54) is 15.9 Å². The Hall–Kier alpha value is -7.53. The fourth-order valence-electron chi connectivity index (χ4n) is 7.87. The Labute approximate surface area is 555 Å². The topological polar surface area (TPSA) is 289 Å². The van der Waals surface area contributed by atoms with Crippen LogP contribution in [-0.2, 0) is 76.6 Å². The summed E-state index contributed by atoms with van der Waals surface area (Å²) in [5, 5.41) is 42.3. The largest absolute Gasteiger partial charge is 2.00 e. The first-order valence-corrected chi connectivity index (χ1v) is 26.4. The monoisotopic (exact) mass is 1380 g/mol. The fourth-order valence-corrected chi connectivity index (χ4v) is 8.54. The molecule has 0 atom stereocenters. The molecule has 10 N–H and O–H groups in total. The number of hydrogen-bond donors (Lipinski definition) is 7. The molecule has 0 unspecified atom stereocenters. The third kappa shape index (κ3) is 24.9. The van der Waals surface area contributed by atoms with Crippen molar-refractivity contribution in [3.63, 3.8) is 0 Å². The Balaban J connectivity index is -0.000000957. The maximum atomic E-state index is 10.9. The first kappa shape index (κ1) is 81.7. The van der Waals surface area contributed by atoms with Crippen LogP contribution in [0.5, 0.6) is 0 Å². The first-order valence-electron chi connectivity index (χ1n) is 25.3. The summed E-state index contributed by atoms with van der Waals surface area (Å²) in [6.07, 6.45) is 0. The molecule has 0 bridgehead atoms. The number of carbonyl (C=O) groups excluding carboxylic acids is 1. The molecule has 0 saturated carbocycles. The van der Waals surface area contributed by atoms with Crippen molar-refractivity contribution in [1.82, 2.24) is 30.2 Å². The maximum absolute atomic E-state index is 10.9. The molecule has 439 valence electrons. The van der Waals surface area contributed by atoms with Crippen molar-refractivity contribution in [2.45, 2.75) is 76.5 Å². The number of benzene rings is 5. The van der Waals surface area contributed by atoms with Crippen molar-refractivity contribution in [1.29, 1.82) is 15.8 Å². The van der Waals surface area contributed by atoms with Crippen LogP contribution in [0.15, 0.2) is 152 Å². The molecule has 10 rings (SSSR count). The molecular weight excluding hydrogens is 1300 g/mol. The van der Waals surface area contributed by atoms with Crippen LogP contribution in [0.2, 0.25) is 0 Å². The number of aromatic nitrogens is 5. The summed E-state index contributed by atoms with van der Waals surface area (Å²) in [4.78, 5) is 32.9. The summed E-state index contributed by atoms with van der Waals surface area (Å²) in [5.41, 5.74) is 27.4. The van der Waals surface area contributed by atoms with Gasteiger partial charge in [-0.3, -0.25) is 4.79 Å². The van der Waals surface area contributed by atoms with Crippen molar-refractivity contribution in [3.8, 4) is 6.07 Å². The molecule has 5 aromatic carbocycles. The molecule has 17 nitrogen and oxygen atoms in total. The number of pyridine rings is 5. The molecule has 1 amide bonds. The number of nitrogens with two attached hydrogens (primary N) is 2. The van der Waals surface area contributed by atoms with Gasteiger partial charge in [0.05, 0.1) is 33.7 Å². The Morgan fingerprint density at radius 3 is 1.21 bits per heavy atom. The van der Waals surface area contributed by atoms with Crippen molar-refractivity contribution < 1.29 is 57.0 Å². The second-order valence-corrected chi connectivity index (χ2v) is 17.8. The zero-order valence-electron chi connectivity index (χ0n) is 47.2. The van der Waals surface area contributed by atoms with E-state index in [0.29, 0.717) is 25.2 Å². The standard InChI is InChI=1S/C12H13N3O.2C12H15N3.C12H11N3.C11H11IN2.2CN.3CH4.CH3.Y.Zn/c1-8(16)14-7-9-3-2-4-11-10(9)5-6-12(13)15-11;3*1-2-14-12-7-6-10-9(8-13)4-3-5-11(10)15-12;1-2-13-11-7-6-8-9(12)4-3-5-10(8)14-11;2*1-2;;;;;;/h2-6H,7H2,1H3,(H3,13,14,15,16);2*3-7H,2,8,13H2,1H3,(H,14,15);3-7H,2H2,1H3,(H,14,15);3-7H,2H2,1H3,(H,13,14);;;3*1H4;1H3;;/q;;;;;2*-1;;;;-1;;+2/p-1. The maximum Gasteiger partial charge on any atom is 2.00 e. The third-order valence-electron chi connectivity index (χ3n) is 11.4. The van der Waals surface area contributed by atoms with Gasteiger partial charge in [-0.05, 0) is 163 Å². The van der Waals surface area contributed by atoms with Crippen LogP contribution in [0, 0.1) is 46.0 Å². The van der Waals surface area contributed by atoms with Crippen LogP contribution in [0.3, 0.4) is 0 Å². The van der Waals surface area contributed by atoms with E-state index in [9.17, 15) is 4.79 Å².